The normalized spacial score (nSPS) is 24.6. The zero-order valence-electron chi connectivity index (χ0n) is 5.91. The van der Waals surface area contributed by atoms with Crippen LogP contribution in [0.5, 0.6) is 0 Å². The highest BCUT2D eigenvalue weighted by atomic mass is 19.2. The molecule has 1 atom stereocenters. The maximum atomic E-state index is 12.5. The Balaban J connectivity index is 3.02. The molecule has 1 heterocycles. The van der Waals surface area contributed by atoms with E-state index in [1.807, 2.05) is 0 Å². The molecule has 6 heteroatoms. The van der Waals surface area contributed by atoms with Crippen LogP contribution in [0.25, 0.3) is 0 Å². The van der Waals surface area contributed by atoms with Crippen molar-refractivity contribution in [1.82, 2.24) is 0 Å². The Labute approximate surface area is 65.1 Å². The Morgan fingerprint density at radius 2 is 1.75 bits per heavy atom. The van der Waals surface area contributed by atoms with Crippen LogP contribution in [0.1, 0.15) is 0 Å². The molecule has 1 aliphatic rings. The van der Waals surface area contributed by atoms with Gasteiger partial charge in [-0.2, -0.15) is 8.78 Å². The summed E-state index contributed by atoms with van der Waals surface area (Å²) < 4.78 is 57.2. The summed E-state index contributed by atoms with van der Waals surface area (Å²) >= 11 is 0. The van der Waals surface area contributed by atoms with Gasteiger partial charge in [0.05, 0.1) is 0 Å². The van der Waals surface area contributed by atoms with Gasteiger partial charge in [-0.15, -0.1) is 0 Å². The van der Waals surface area contributed by atoms with E-state index in [1.54, 1.807) is 0 Å². The van der Waals surface area contributed by atoms with Crippen LogP contribution in [0.4, 0.5) is 17.6 Å². The molecule has 0 aliphatic carbocycles. The predicted octanol–water partition coefficient (Wildman–Crippen LogP) is 2.25. The lowest BCUT2D eigenvalue weighted by Crippen LogP contribution is -2.20. The van der Waals surface area contributed by atoms with Gasteiger partial charge in [-0.25, -0.2) is 8.78 Å². The number of hydrogen-bond donors (Lipinski definition) is 0. The van der Waals surface area contributed by atoms with Gasteiger partial charge in [-0.05, 0) is 0 Å². The first kappa shape index (κ1) is 9.05. The van der Waals surface area contributed by atoms with E-state index in [0.717, 1.165) is 7.11 Å². The third-order valence-corrected chi connectivity index (χ3v) is 1.21. The highest BCUT2D eigenvalue weighted by molar-refractivity contribution is 5.26. The van der Waals surface area contributed by atoms with Crippen molar-refractivity contribution in [3.8, 4) is 0 Å². The summed E-state index contributed by atoms with van der Waals surface area (Å²) in [4.78, 5) is 0. The van der Waals surface area contributed by atoms with E-state index < -0.39 is 29.8 Å². The maximum absolute atomic E-state index is 12.5. The molecule has 0 saturated carbocycles. The standard InChI is InChI=1S/C6H4F4O2/c1-11-6-4(9)2(7)3(8)5(10)12-6/h6H,1H3. The van der Waals surface area contributed by atoms with E-state index in [0.29, 0.717) is 0 Å². The van der Waals surface area contributed by atoms with Crippen molar-refractivity contribution in [2.24, 2.45) is 0 Å². The van der Waals surface area contributed by atoms with E-state index in [-0.39, 0.29) is 0 Å². The summed E-state index contributed by atoms with van der Waals surface area (Å²) in [6, 6.07) is -1.82. The average Bonchev–Trinajstić information content (AvgIpc) is 2.08. The van der Waals surface area contributed by atoms with Crippen molar-refractivity contribution in [2.75, 3.05) is 7.11 Å². The number of hydrogen-bond acceptors (Lipinski definition) is 2. The SMILES string of the molecule is COC1OC(F)=C(F)C(F)=C1F. The molecule has 0 aromatic carbocycles. The summed E-state index contributed by atoms with van der Waals surface area (Å²) in [5, 5.41) is 0. The third-order valence-electron chi connectivity index (χ3n) is 1.21. The van der Waals surface area contributed by atoms with Crippen LogP contribution in [0.3, 0.4) is 0 Å². The van der Waals surface area contributed by atoms with E-state index in [4.69, 9.17) is 0 Å². The molecule has 0 N–H and O–H groups in total. The van der Waals surface area contributed by atoms with Gasteiger partial charge in [-0.3, -0.25) is 0 Å². The minimum absolute atomic E-state index is 0.966. The quantitative estimate of drug-likeness (QED) is 0.582. The van der Waals surface area contributed by atoms with E-state index in [2.05, 4.69) is 9.47 Å². The summed E-state index contributed by atoms with van der Waals surface area (Å²) in [5.74, 6) is -5.53. The third kappa shape index (κ3) is 1.29. The molecule has 68 valence electrons. The zero-order valence-corrected chi connectivity index (χ0v) is 5.91. The molecule has 1 unspecified atom stereocenters. The molecular weight excluding hydrogens is 180 g/mol. The van der Waals surface area contributed by atoms with Crippen LogP contribution < -0.4 is 0 Å². The molecule has 0 bridgehead atoms. The van der Waals surface area contributed by atoms with Crippen LogP contribution in [0.15, 0.2) is 23.5 Å². The maximum Gasteiger partial charge on any atom is 0.315 e. The molecule has 0 amide bonds. The summed E-state index contributed by atoms with van der Waals surface area (Å²) in [6.45, 7) is 0. The molecule has 0 aromatic heterocycles. The Hall–Kier alpha value is -1.04. The Morgan fingerprint density at radius 1 is 1.17 bits per heavy atom. The fourth-order valence-corrected chi connectivity index (χ4v) is 0.644. The highest BCUT2D eigenvalue weighted by Crippen LogP contribution is 2.32. The monoisotopic (exact) mass is 184 g/mol. The first-order chi connectivity index (χ1) is 5.57. The molecule has 1 aliphatic heterocycles. The minimum atomic E-state index is -1.99. The minimum Gasteiger partial charge on any atom is -0.431 e. The second kappa shape index (κ2) is 3.14. The van der Waals surface area contributed by atoms with Gasteiger partial charge in [0, 0.05) is 7.11 Å². The van der Waals surface area contributed by atoms with Gasteiger partial charge >= 0.3 is 6.01 Å². The van der Waals surface area contributed by atoms with E-state index in [9.17, 15) is 17.6 Å². The first-order valence-corrected chi connectivity index (χ1v) is 2.88. The lowest BCUT2D eigenvalue weighted by atomic mass is 10.3. The number of rotatable bonds is 1. The summed E-state index contributed by atoms with van der Waals surface area (Å²) in [5.41, 5.74) is 0. The zero-order chi connectivity index (χ0) is 9.30. The molecule has 0 fully saturated rings. The fraction of sp³-hybridized carbons (Fsp3) is 0.333. The number of methoxy groups -OCH3 is 1. The Kier molecular flexibility index (Phi) is 2.37. The lowest BCUT2D eigenvalue weighted by Gasteiger charge is -2.18. The van der Waals surface area contributed by atoms with E-state index >= 15 is 0 Å². The van der Waals surface area contributed by atoms with Gasteiger partial charge in [0.1, 0.15) is 0 Å². The van der Waals surface area contributed by atoms with E-state index in [1.165, 1.54) is 0 Å². The van der Waals surface area contributed by atoms with Crippen molar-refractivity contribution < 1.29 is 27.0 Å². The van der Waals surface area contributed by atoms with Crippen molar-refractivity contribution in [2.45, 2.75) is 6.29 Å². The first-order valence-electron chi connectivity index (χ1n) is 2.88. The smallest absolute Gasteiger partial charge is 0.315 e. The van der Waals surface area contributed by atoms with Gasteiger partial charge in [-0.1, -0.05) is 0 Å². The molecule has 0 radical (unpaired) electrons. The molecular formula is C6H4F4O2. The van der Waals surface area contributed by atoms with Crippen LogP contribution >= 0.6 is 0 Å². The van der Waals surface area contributed by atoms with Crippen molar-refractivity contribution in [1.29, 1.82) is 0 Å². The topological polar surface area (TPSA) is 18.5 Å². The van der Waals surface area contributed by atoms with Crippen LogP contribution in [-0.2, 0) is 9.47 Å². The number of ether oxygens (including phenoxy) is 2. The molecule has 12 heavy (non-hydrogen) atoms. The second-order valence-electron chi connectivity index (χ2n) is 1.94. The largest absolute Gasteiger partial charge is 0.431 e. The molecule has 1 rings (SSSR count). The summed E-state index contributed by atoms with van der Waals surface area (Å²) in [7, 11) is 0.966. The van der Waals surface area contributed by atoms with Crippen molar-refractivity contribution in [3.63, 3.8) is 0 Å². The van der Waals surface area contributed by atoms with Crippen molar-refractivity contribution >= 4 is 0 Å². The van der Waals surface area contributed by atoms with Crippen LogP contribution in [0.2, 0.25) is 0 Å². The second-order valence-corrected chi connectivity index (χ2v) is 1.94. The molecule has 0 spiro atoms. The predicted molar refractivity (Wildman–Crippen MR) is 30.4 cm³/mol. The summed E-state index contributed by atoms with van der Waals surface area (Å²) in [6.07, 6.45) is -1.84. The molecule has 2 nitrogen and oxygen atoms in total. The Bertz CT molecular complexity index is 258. The molecule has 0 saturated heterocycles. The highest BCUT2D eigenvalue weighted by Gasteiger charge is 2.32. The van der Waals surface area contributed by atoms with Crippen molar-refractivity contribution in [3.05, 3.63) is 23.5 Å². The number of allylic oxidation sites excluding steroid dienone is 2. The molecule has 0 aromatic rings. The average molecular weight is 184 g/mol. The van der Waals surface area contributed by atoms with Crippen LogP contribution in [-0.4, -0.2) is 13.4 Å². The Morgan fingerprint density at radius 3 is 2.25 bits per heavy atom. The van der Waals surface area contributed by atoms with Gasteiger partial charge in [0.15, 0.2) is 0 Å². The number of halogens is 4. The van der Waals surface area contributed by atoms with Gasteiger partial charge < -0.3 is 9.47 Å². The van der Waals surface area contributed by atoms with Gasteiger partial charge in [0.2, 0.25) is 17.5 Å². The van der Waals surface area contributed by atoms with Gasteiger partial charge in [0.25, 0.3) is 6.29 Å². The lowest BCUT2D eigenvalue weighted by molar-refractivity contribution is -0.107. The van der Waals surface area contributed by atoms with Crippen LogP contribution in [0, 0.1) is 0 Å². The fourth-order valence-electron chi connectivity index (χ4n) is 0.644.